The SMILES string of the molecule is CCC1CC[C@@H](CCOc2ncnc(Oc3cccnc3C)c2C)N1C(=O)OC(C1CC1)C1CC1. The van der Waals surface area contributed by atoms with E-state index in [0.717, 1.165) is 36.9 Å². The molecular formula is C27H36N4O4. The molecule has 2 saturated carbocycles. The summed E-state index contributed by atoms with van der Waals surface area (Å²) in [5, 5.41) is 0. The Hall–Kier alpha value is -2.90. The first-order chi connectivity index (χ1) is 17.0. The van der Waals surface area contributed by atoms with Crippen LogP contribution in [-0.2, 0) is 4.74 Å². The Bertz CT molecular complexity index is 1030. The minimum absolute atomic E-state index is 0.121. The van der Waals surface area contributed by atoms with Crippen molar-refractivity contribution in [1.82, 2.24) is 19.9 Å². The lowest BCUT2D eigenvalue weighted by Gasteiger charge is -2.31. The van der Waals surface area contributed by atoms with Gasteiger partial charge in [0.15, 0.2) is 5.75 Å². The number of hydrogen-bond donors (Lipinski definition) is 0. The third-order valence-corrected chi connectivity index (χ3v) is 7.56. The highest BCUT2D eigenvalue weighted by atomic mass is 16.6. The van der Waals surface area contributed by atoms with Crippen LogP contribution >= 0.6 is 0 Å². The first kappa shape index (κ1) is 23.8. The van der Waals surface area contributed by atoms with Crippen molar-refractivity contribution in [3.8, 4) is 17.5 Å². The van der Waals surface area contributed by atoms with Gasteiger partial charge in [0, 0.05) is 24.7 Å². The summed E-state index contributed by atoms with van der Waals surface area (Å²) in [4.78, 5) is 28.1. The normalized spacial score (nSPS) is 21.9. The molecule has 1 amide bonds. The second-order valence-corrected chi connectivity index (χ2v) is 10.2. The minimum Gasteiger partial charge on any atom is -0.477 e. The van der Waals surface area contributed by atoms with Crippen LogP contribution in [0.2, 0.25) is 0 Å². The maximum atomic E-state index is 13.3. The Morgan fingerprint density at radius 2 is 1.74 bits per heavy atom. The summed E-state index contributed by atoms with van der Waals surface area (Å²) in [5.74, 6) is 2.78. The van der Waals surface area contributed by atoms with Crippen molar-refractivity contribution >= 4 is 6.09 Å². The molecule has 3 fully saturated rings. The van der Waals surface area contributed by atoms with Gasteiger partial charge in [-0.05, 0) is 82.8 Å². The van der Waals surface area contributed by atoms with E-state index in [1.807, 2.05) is 30.9 Å². The zero-order valence-electron chi connectivity index (χ0n) is 21.0. The number of nitrogens with zero attached hydrogens (tertiary/aromatic N) is 4. The number of aromatic nitrogens is 3. The molecule has 0 radical (unpaired) electrons. The van der Waals surface area contributed by atoms with Gasteiger partial charge in [-0.3, -0.25) is 4.98 Å². The molecule has 0 bridgehead atoms. The highest BCUT2D eigenvalue weighted by Gasteiger charge is 2.46. The minimum atomic E-state index is -0.121. The highest BCUT2D eigenvalue weighted by Crippen LogP contribution is 2.47. The van der Waals surface area contributed by atoms with E-state index in [1.54, 1.807) is 6.20 Å². The largest absolute Gasteiger partial charge is 0.477 e. The zero-order chi connectivity index (χ0) is 24.4. The van der Waals surface area contributed by atoms with Gasteiger partial charge in [-0.25, -0.2) is 14.8 Å². The molecule has 0 N–H and O–H groups in total. The number of ether oxygens (including phenoxy) is 3. The van der Waals surface area contributed by atoms with Crippen LogP contribution in [0.1, 0.15) is 69.5 Å². The summed E-state index contributed by atoms with van der Waals surface area (Å²) in [6, 6.07) is 4.06. The fourth-order valence-electron chi connectivity index (χ4n) is 5.19. The molecule has 188 valence electrons. The quantitative estimate of drug-likeness (QED) is 0.436. The number of likely N-dealkylation sites (tertiary alicyclic amines) is 1. The lowest BCUT2D eigenvalue weighted by atomic mass is 10.1. The summed E-state index contributed by atoms with van der Waals surface area (Å²) in [7, 11) is 0. The van der Waals surface area contributed by atoms with E-state index in [0.29, 0.717) is 36.0 Å². The van der Waals surface area contributed by atoms with E-state index in [1.165, 1.54) is 32.0 Å². The Labute approximate surface area is 207 Å². The van der Waals surface area contributed by atoms with E-state index in [9.17, 15) is 4.79 Å². The van der Waals surface area contributed by atoms with Gasteiger partial charge in [0.05, 0.1) is 17.9 Å². The fraction of sp³-hybridized carbons (Fsp3) is 0.630. The Balaban J connectivity index is 1.19. The predicted octanol–water partition coefficient (Wildman–Crippen LogP) is 5.62. The maximum Gasteiger partial charge on any atom is 0.410 e. The Kier molecular flexibility index (Phi) is 7.07. The van der Waals surface area contributed by atoms with Crippen molar-refractivity contribution < 1.29 is 19.0 Å². The van der Waals surface area contributed by atoms with Gasteiger partial charge in [-0.1, -0.05) is 6.92 Å². The average molecular weight is 481 g/mol. The van der Waals surface area contributed by atoms with E-state index in [4.69, 9.17) is 14.2 Å². The third kappa shape index (κ3) is 5.52. The molecular weight excluding hydrogens is 444 g/mol. The summed E-state index contributed by atoms with van der Waals surface area (Å²) < 4.78 is 18.1. The molecule has 2 atom stereocenters. The lowest BCUT2D eigenvalue weighted by Crippen LogP contribution is -2.44. The van der Waals surface area contributed by atoms with Crippen molar-refractivity contribution in [2.45, 2.75) is 90.3 Å². The number of amides is 1. The zero-order valence-corrected chi connectivity index (χ0v) is 21.0. The molecule has 8 nitrogen and oxygen atoms in total. The van der Waals surface area contributed by atoms with E-state index < -0.39 is 0 Å². The van der Waals surface area contributed by atoms with Gasteiger partial charge < -0.3 is 19.1 Å². The summed E-state index contributed by atoms with van der Waals surface area (Å²) in [6.45, 7) is 6.39. The monoisotopic (exact) mass is 480 g/mol. The highest BCUT2D eigenvalue weighted by molar-refractivity contribution is 5.69. The standard InChI is InChI=1S/C27H36N4O4/c1-4-21-11-12-22(31(21)27(32)35-24(19-7-8-19)20-9-10-20)13-15-33-25-17(2)26(30-16-29-25)34-23-6-5-14-28-18(23)3/h5-6,14,16,19-22,24H,4,7-13,15H2,1-3H3/t21?,22-/m0/s1. The van der Waals surface area contributed by atoms with Crippen LogP contribution in [0.15, 0.2) is 24.7 Å². The van der Waals surface area contributed by atoms with Crippen LogP contribution in [0.25, 0.3) is 0 Å². The van der Waals surface area contributed by atoms with Gasteiger partial charge in [-0.2, -0.15) is 0 Å². The number of aryl methyl sites for hydroxylation is 1. The van der Waals surface area contributed by atoms with Gasteiger partial charge in [0.25, 0.3) is 0 Å². The molecule has 1 saturated heterocycles. The molecule has 2 aromatic heterocycles. The van der Waals surface area contributed by atoms with Gasteiger partial charge >= 0.3 is 6.09 Å². The predicted molar refractivity (Wildman–Crippen MR) is 131 cm³/mol. The number of carbonyl (C=O) groups excluding carboxylic acids is 1. The average Bonchev–Trinajstić information content (AvgIpc) is 3.79. The third-order valence-electron chi connectivity index (χ3n) is 7.56. The number of hydrogen-bond acceptors (Lipinski definition) is 7. The first-order valence-electron chi connectivity index (χ1n) is 13.1. The van der Waals surface area contributed by atoms with Crippen LogP contribution in [0, 0.1) is 25.7 Å². The topological polar surface area (TPSA) is 86.7 Å². The van der Waals surface area contributed by atoms with Gasteiger partial charge in [0.2, 0.25) is 11.8 Å². The van der Waals surface area contributed by atoms with Crippen LogP contribution in [0.5, 0.6) is 17.5 Å². The molecule has 8 heteroatoms. The van der Waals surface area contributed by atoms with Crippen LogP contribution in [-0.4, -0.2) is 50.7 Å². The van der Waals surface area contributed by atoms with Crippen molar-refractivity contribution in [3.05, 3.63) is 35.9 Å². The number of pyridine rings is 1. The maximum absolute atomic E-state index is 13.3. The lowest BCUT2D eigenvalue weighted by molar-refractivity contribution is 0.0282. The fourth-order valence-corrected chi connectivity index (χ4v) is 5.19. The molecule has 0 aromatic carbocycles. The van der Waals surface area contributed by atoms with Crippen LogP contribution in [0.4, 0.5) is 4.79 Å². The molecule has 1 unspecified atom stereocenters. The molecule has 3 heterocycles. The van der Waals surface area contributed by atoms with Crippen molar-refractivity contribution in [2.75, 3.05) is 6.61 Å². The summed E-state index contributed by atoms with van der Waals surface area (Å²) in [5.41, 5.74) is 1.53. The number of carbonyl (C=O) groups is 1. The van der Waals surface area contributed by atoms with Crippen molar-refractivity contribution in [2.24, 2.45) is 11.8 Å². The second kappa shape index (κ2) is 10.4. The molecule has 35 heavy (non-hydrogen) atoms. The molecule has 0 spiro atoms. The Morgan fingerprint density at radius 3 is 2.43 bits per heavy atom. The molecule has 1 aliphatic heterocycles. The Morgan fingerprint density at radius 1 is 1.03 bits per heavy atom. The first-order valence-corrected chi connectivity index (χ1v) is 13.1. The van der Waals surface area contributed by atoms with Crippen molar-refractivity contribution in [1.29, 1.82) is 0 Å². The molecule has 3 aliphatic rings. The van der Waals surface area contributed by atoms with Crippen molar-refractivity contribution in [3.63, 3.8) is 0 Å². The second-order valence-electron chi connectivity index (χ2n) is 10.2. The summed E-state index contributed by atoms with van der Waals surface area (Å²) >= 11 is 0. The van der Waals surface area contributed by atoms with Gasteiger partial charge in [-0.15, -0.1) is 0 Å². The van der Waals surface area contributed by atoms with E-state index in [2.05, 4.69) is 21.9 Å². The smallest absolute Gasteiger partial charge is 0.410 e. The molecule has 2 aliphatic carbocycles. The van der Waals surface area contributed by atoms with Gasteiger partial charge in [0.1, 0.15) is 12.4 Å². The van der Waals surface area contributed by atoms with Crippen LogP contribution < -0.4 is 9.47 Å². The molecule has 5 rings (SSSR count). The summed E-state index contributed by atoms with van der Waals surface area (Å²) in [6.07, 6.45) is 11.7. The number of rotatable bonds is 10. The van der Waals surface area contributed by atoms with E-state index >= 15 is 0 Å². The molecule has 2 aromatic rings. The van der Waals surface area contributed by atoms with Crippen LogP contribution in [0.3, 0.4) is 0 Å². The van der Waals surface area contributed by atoms with E-state index in [-0.39, 0.29) is 24.3 Å².